The van der Waals surface area contributed by atoms with E-state index >= 15 is 0 Å². The molecule has 2 aromatic carbocycles. The summed E-state index contributed by atoms with van der Waals surface area (Å²) >= 11 is 0. The Bertz CT molecular complexity index is 982. The van der Waals surface area contributed by atoms with Crippen molar-refractivity contribution in [1.29, 1.82) is 0 Å². The van der Waals surface area contributed by atoms with Gasteiger partial charge in [-0.05, 0) is 67.6 Å². The van der Waals surface area contributed by atoms with Crippen LogP contribution in [0.5, 0.6) is 11.5 Å². The first-order chi connectivity index (χ1) is 15.2. The Morgan fingerprint density at radius 1 is 1.12 bits per heavy atom. The number of Topliss-reactive ketones (excluding diaryl/α,β-unsaturated/α-hetero) is 1. The van der Waals surface area contributed by atoms with Crippen molar-refractivity contribution in [2.75, 3.05) is 12.4 Å². The first kappa shape index (κ1) is 24.5. The van der Waals surface area contributed by atoms with E-state index in [1.807, 2.05) is 6.92 Å². The van der Waals surface area contributed by atoms with Crippen LogP contribution in [0.4, 0.5) is 10.5 Å². The Labute approximate surface area is 186 Å². The lowest BCUT2D eigenvalue weighted by Crippen LogP contribution is -2.22. The second-order valence-corrected chi connectivity index (χ2v) is 7.31. The standard InChI is InChI=1S/C24H27NO7/c1-15(6-4-5-7-22(28)29)23(18-10-13-21(31-3)20(27)14-18)32-24(30)25-19-11-8-17(9-12-19)16(2)26/h5,7-15,23,27H,4,6H2,1-3H3,(H,25,30)(H,28,29)/b7-5+/t15-,23+/m0/s1. The van der Waals surface area contributed by atoms with Crippen LogP contribution >= 0.6 is 0 Å². The number of anilines is 1. The maximum atomic E-state index is 12.6. The van der Waals surface area contributed by atoms with E-state index in [0.717, 1.165) is 6.08 Å². The normalized spacial score (nSPS) is 12.7. The molecule has 2 rings (SSSR count). The monoisotopic (exact) mass is 441 g/mol. The zero-order chi connectivity index (χ0) is 23.7. The first-order valence-corrected chi connectivity index (χ1v) is 10.1. The van der Waals surface area contributed by atoms with Crippen LogP contribution < -0.4 is 10.1 Å². The number of carboxylic acid groups (broad SMARTS) is 1. The summed E-state index contributed by atoms with van der Waals surface area (Å²) in [5.41, 5.74) is 1.56. The number of rotatable bonds is 10. The number of aliphatic carboxylic acids is 1. The van der Waals surface area contributed by atoms with Crippen LogP contribution in [-0.2, 0) is 9.53 Å². The van der Waals surface area contributed by atoms with Gasteiger partial charge in [-0.1, -0.05) is 19.1 Å². The number of benzene rings is 2. The van der Waals surface area contributed by atoms with Crippen molar-refractivity contribution in [3.05, 3.63) is 65.7 Å². The van der Waals surface area contributed by atoms with E-state index in [1.165, 1.54) is 26.2 Å². The number of phenolic OH excluding ortho intramolecular Hbond substituents is 1. The van der Waals surface area contributed by atoms with Gasteiger partial charge >= 0.3 is 12.1 Å². The summed E-state index contributed by atoms with van der Waals surface area (Å²) in [4.78, 5) is 34.6. The molecule has 2 atom stereocenters. The number of hydrogen-bond acceptors (Lipinski definition) is 6. The lowest BCUT2D eigenvalue weighted by Gasteiger charge is -2.25. The highest BCUT2D eigenvalue weighted by Gasteiger charge is 2.24. The van der Waals surface area contributed by atoms with Crippen LogP contribution in [-0.4, -0.2) is 35.2 Å². The predicted octanol–water partition coefficient (Wildman–Crippen LogP) is 4.95. The van der Waals surface area contributed by atoms with Crippen molar-refractivity contribution in [3.63, 3.8) is 0 Å². The zero-order valence-corrected chi connectivity index (χ0v) is 18.2. The van der Waals surface area contributed by atoms with Gasteiger partial charge in [-0.3, -0.25) is 10.1 Å². The minimum absolute atomic E-state index is 0.0794. The summed E-state index contributed by atoms with van der Waals surface area (Å²) in [7, 11) is 1.44. The van der Waals surface area contributed by atoms with Gasteiger partial charge in [0.15, 0.2) is 17.3 Å². The highest BCUT2D eigenvalue weighted by atomic mass is 16.6. The summed E-state index contributed by atoms with van der Waals surface area (Å²) in [5.74, 6) is -1.09. The lowest BCUT2D eigenvalue weighted by molar-refractivity contribution is -0.131. The molecule has 0 bridgehead atoms. The minimum Gasteiger partial charge on any atom is -0.504 e. The van der Waals surface area contributed by atoms with Crippen LogP contribution in [0.1, 0.15) is 48.7 Å². The Kier molecular flexibility index (Phi) is 8.83. The molecule has 0 saturated carbocycles. The molecule has 0 aliphatic heterocycles. The SMILES string of the molecule is COc1ccc([C@H](OC(=O)Nc2ccc(C(C)=O)cc2)[C@@H](C)CC/C=C/C(=O)O)cc1O. The van der Waals surface area contributed by atoms with Gasteiger partial charge in [-0.15, -0.1) is 0 Å². The smallest absolute Gasteiger partial charge is 0.412 e. The van der Waals surface area contributed by atoms with Crippen molar-refractivity contribution in [1.82, 2.24) is 0 Å². The van der Waals surface area contributed by atoms with Gasteiger partial charge in [-0.25, -0.2) is 9.59 Å². The number of phenols is 1. The molecule has 1 amide bonds. The Balaban J connectivity index is 2.17. The van der Waals surface area contributed by atoms with Crippen LogP contribution in [0, 0.1) is 5.92 Å². The number of ether oxygens (including phenoxy) is 2. The number of aromatic hydroxyl groups is 1. The number of methoxy groups -OCH3 is 1. The molecule has 0 saturated heterocycles. The summed E-state index contributed by atoms with van der Waals surface area (Å²) in [6.45, 7) is 3.33. The maximum absolute atomic E-state index is 12.6. The number of carbonyl (C=O) groups excluding carboxylic acids is 2. The molecule has 0 aliphatic rings. The Morgan fingerprint density at radius 2 is 1.81 bits per heavy atom. The number of allylic oxidation sites excluding steroid dienone is 1. The molecule has 0 aromatic heterocycles. The van der Waals surface area contributed by atoms with E-state index in [-0.39, 0.29) is 17.5 Å². The number of carboxylic acids is 1. The average Bonchev–Trinajstić information content (AvgIpc) is 2.75. The highest BCUT2D eigenvalue weighted by molar-refractivity contribution is 5.95. The Hall–Kier alpha value is -3.81. The quantitative estimate of drug-likeness (QED) is 0.352. The molecule has 32 heavy (non-hydrogen) atoms. The molecule has 170 valence electrons. The molecule has 0 aliphatic carbocycles. The van der Waals surface area contributed by atoms with E-state index in [1.54, 1.807) is 36.4 Å². The van der Waals surface area contributed by atoms with Crippen molar-refractivity contribution in [2.24, 2.45) is 5.92 Å². The summed E-state index contributed by atoms with van der Waals surface area (Å²) < 4.78 is 10.7. The van der Waals surface area contributed by atoms with E-state index < -0.39 is 18.2 Å². The van der Waals surface area contributed by atoms with Gasteiger partial charge < -0.3 is 19.7 Å². The molecule has 0 radical (unpaired) electrons. The number of hydrogen-bond donors (Lipinski definition) is 3. The Morgan fingerprint density at radius 3 is 2.38 bits per heavy atom. The molecule has 0 heterocycles. The third-order valence-corrected chi connectivity index (χ3v) is 4.87. The zero-order valence-electron chi connectivity index (χ0n) is 18.2. The number of nitrogens with one attached hydrogen (secondary N) is 1. The fraction of sp³-hybridized carbons (Fsp3) is 0.292. The van der Waals surface area contributed by atoms with Crippen LogP contribution in [0.2, 0.25) is 0 Å². The number of ketones is 1. The largest absolute Gasteiger partial charge is 0.504 e. The molecule has 0 spiro atoms. The number of carbonyl (C=O) groups is 3. The van der Waals surface area contributed by atoms with Gasteiger partial charge in [0, 0.05) is 17.3 Å². The lowest BCUT2D eigenvalue weighted by atomic mass is 9.92. The van der Waals surface area contributed by atoms with E-state index in [9.17, 15) is 19.5 Å². The second kappa shape index (κ2) is 11.5. The maximum Gasteiger partial charge on any atom is 0.412 e. The van der Waals surface area contributed by atoms with E-state index in [4.69, 9.17) is 14.6 Å². The fourth-order valence-corrected chi connectivity index (χ4v) is 3.14. The molecule has 3 N–H and O–H groups in total. The molecule has 8 heteroatoms. The van der Waals surface area contributed by atoms with Crippen LogP contribution in [0.25, 0.3) is 0 Å². The van der Waals surface area contributed by atoms with Crippen molar-refractivity contribution < 1.29 is 34.1 Å². The second-order valence-electron chi connectivity index (χ2n) is 7.31. The fourth-order valence-electron chi connectivity index (χ4n) is 3.14. The summed E-state index contributed by atoms with van der Waals surface area (Å²) in [6.07, 6.45) is 2.22. The third kappa shape index (κ3) is 7.16. The highest BCUT2D eigenvalue weighted by Crippen LogP contribution is 2.35. The molecule has 2 aromatic rings. The summed E-state index contributed by atoms with van der Waals surface area (Å²) in [6, 6.07) is 11.2. The van der Waals surface area contributed by atoms with E-state index in [2.05, 4.69) is 5.32 Å². The van der Waals surface area contributed by atoms with Crippen molar-refractivity contribution >= 4 is 23.5 Å². The first-order valence-electron chi connectivity index (χ1n) is 10.1. The van der Waals surface area contributed by atoms with E-state index in [0.29, 0.717) is 35.4 Å². The molecule has 0 fully saturated rings. The van der Waals surface area contributed by atoms with Gasteiger partial charge in [0.1, 0.15) is 6.10 Å². The van der Waals surface area contributed by atoms with Gasteiger partial charge in [-0.2, -0.15) is 0 Å². The molecule has 8 nitrogen and oxygen atoms in total. The average molecular weight is 441 g/mol. The predicted molar refractivity (Wildman–Crippen MR) is 119 cm³/mol. The van der Waals surface area contributed by atoms with Crippen LogP contribution in [0.3, 0.4) is 0 Å². The van der Waals surface area contributed by atoms with Gasteiger partial charge in [0.05, 0.1) is 7.11 Å². The molecular weight excluding hydrogens is 414 g/mol. The van der Waals surface area contributed by atoms with Gasteiger partial charge in [0.2, 0.25) is 0 Å². The minimum atomic E-state index is -1.03. The topological polar surface area (TPSA) is 122 Å². The molecule has 0 unspecified atom stereocenters. The number of amides is 1. The third-order valence-electron chi connectivity index (χ3n) is 4.87. The van der Waals surface area contributed by atoms with Crippen molar-refractivity contribution in [3.8, 4) is 11.5 Å². The van der Waals surface area contributed by atoms with Crippen LogP contribution in [0.15, 0.2) is 54.6 Å². The van der Waals surface area contributed by atoms with Gasteiger partial charge in [0.25, 0.3) is 0 Å². The summed E-state index contributed by atoms with van der Waals surface area (Å²) in [5, 5.41) is 21.5. The molecular formula is C24H27NO7. The van der Waals surface area contributed by atoms with Crippen molar-refractivity contribution in [2.45, 2.75) is 32.8 Å².